The average molecular weight is 399 g/mol. The number of hydrogen-bond acceptors (Lipinski definition) is 7. The molecule has 0 spiro atoms. The summed E-state index contributed by atoms with van der Waals surface area (Å²) in [7, 11) is 0. The molecule has 2 aromatic carbocycles. The highest BCUT2D eigenvalue weighted by atomic mass is 16.6. The fourth-order valence-corrected chi connectivity index (χ4v) is 3.01. The lowest BCUT2D eigenvalue weighted by Gasteiger charge is -2.20. The van der Waals surface area contributed by atoms with E-state index in [1.165, 1.54) is 12.5 Å². The summed E-state index contributed by atoms with van der Waals surface area (Å²) in [6, 6.07) is 22.2. The summed E-state index contributed by atoms with van der Waals surface area (Å²) in [5.41, 5.74) is 1.52. The molecule has 0 unspecified atom stereocenters. The lowest BCUT2D eigenvalue weighted by Crippen LogP contribution is -2.15. The van der Waals surface area contributed by atoms with Crippen LogP contribution < -0.4 is 10.1 Å². The van der Waals surface area contributed by atoms with Gasteiger partial charge in [-0.15, -0.1) is 0 Å². The summed E-state index contributed by atoms with van der Waals surface area (Å²) >= 11 is 0. The van der Waals surface area contributed by atoms with Crippen LogP contribution in [0.4, 0.5) is 11.5 Å². The molecule has 4 aromatic rings. The maximum Gasteiger partial charge on any atom is 0.373 e. The molecule has 8 heteroatoms. The lowest BCUT2D eigenvalue weighted by atomic mass is 9.99. The Balaban J connectivity index is 1.75. The first-order valence-corrected chi connectivity index (χ1v) is 9.16. The monoisotopic (exact) mass is 399 g/mol. The predicted molar refractivity (Wildman–Crippen MR) is 111 cm³/mol. The van der Waals surface area contributed by atoms with Gasteiger partial charge in [-0.3, -0.25) is 15.1 Å². The van der Waals surface area contributed by atoms with Gasteiger partial charge in [-0.1, -0.05) is 60.7 Å². The molecule has 2 heterocycles. The van der Waals surface area contributed by atoms with E-state index in [0.717, 1.165) is 11.1 Å². The zero-order valence-electron chi connectivity index (χ0n) is 15.8. The van der Waals surface area contributed by atoms with Gasteiger partial charge in [0, 0.05) is 6.20 Å². The third-order valence-corrected chi connectivity index (χ3v) is 4.37. The van der Waals surface area contributed by atoms with Gasteiger partial charge < -0.3 is 10.1 Å². The minimum Gasteiger partial charge on any atom is -0.432 e. The van der Waals surface area contributed by atoms with Crippen molar-refractivity contribution in [1.29, 1.82) is 0 Å². The lowest BCUT2D eigenvalue weighted by molar-refractivity contribution is -0.385. The summed E-state index contributed by atoms with van der Waals surface area (Å²) < 4.78 is 5.61. The molecule has 0 atom stereocenters. The number of ether oxygens (including phenoxy) is 1. The Labute approximate surface area is 172 Å². The Hall–Kier alpha value is -4.33. The highest BCUT2D eigenvalue weighted by molar-refractivity contribution is 5.63. The molecule has 0 amide bonds. The van der Waals surface area contributed by atoms with Crippen molar-refractivity contribution >= 4 is 11.5 Å². The van der Waals surface area contributed by atoms with Crippen LogP contribution in [-0.4, -0.2) is 19.9 Å². The Bertz CT molecular complexity index is 1090. The normalized spacial score (nSPS) is 10.6. The molecule has 1 N–H and O–H groups in total. The fraction of sp³-hybridized carbons (Fsp3) is 0.0455. The van der Waals surface area contributed by atoms with Crippen molar-refractivity contribution < 1.29 is 9.66 Å². The van der Waals surface area contributed by atoms with Gasteiger partial charge in [0.15, 0.2) is 0 Å². The van der Waals surface area contributed by atoms with Crippen molar-refractivity contribution in [3.05, 3.63) is 113 Å². The zero-order chi connectivity index (χ0) is 20.8. The van der Waals surface area contributed by atoms with Crippen molar-refractivity contribution in [3.8, 4) is 11.6 Å². The second kappa shape index (κ2) is 8.78. The predicted octanol–water partition coefficient (Wildman–Crippen LogP) is 4.77. The molecule has 0 aliphatic rings. The highest BCUT2D eigenvalue weighted by Gasteiger charge is 2.27. The second-order valence-electron chi connectivity index (χ2n) is 6.32. The molecule has 30 heavy (non-hydrogen) atoms. The van der Waals surface area contributed by atoms with Gasteiger partial charge >= 0.3 is 11.6 Å². The fourth-order valence-electron chi connectivity index (χ4n) is 3.01. The van der Waals surface area contributed by atoms with Crippen molar-refractivity contribution in [2.24, 2.45) is 0 Å². The van der Waals surface area contributed by atoms with Gasteiger partial charge in [-0.25, -0.2) is 4.98 Å². The molecule has 0 bridgehead atoms. The SMILES string of the molecule is O=[N+]([O-])c1c(NC(c2ccccc2)c2ccccc2)ncnc1Oc1cccnc1. The minimum atomic E-state index is -0.554. The van der Waals surface area contributed by atoms with Crippen molar-refractivity contribution in [2.75, 3.05) is 5.32 Å². The van der Waals surface area contributed by atoms with Crippen molar-refractivity contribution in [2.45, 2.75) is 6.04 Å². The number of nitrogens with zero attached hydrogens (tertiary/aromatic N) is 4. The molecule has 2 aromatic heterocycles. The minimum absolute atomic E-state index is 0.0617. The molecular weight excluding hydrogens is 382 g/mol. The molecule has 0 fully saturated rings. The van der Waals surface area contributed by atoms with Gasteiger partial charge in [0.2, 0.25) is 5.82 Å². The smallest absolute Gasteiger partial charge is 0.373 e. The quantitative estimate of drug-likeness (QED) is 0.352. The number of nitrogens with one attached hydrogen (secondary N) is 1. The summed E-state index contributed by atoms with van der Waals surface area (Å²) in [6.07, 6.45) is 4.27. The van der Waals surface area contributed by atoms with Crippen LogP contribution in [0.5, 0.6) is 11.6 Å². The molecule has 0 aliphatic carbocycles. The van der Waals surface area contributed by atoms with Crippen LogP contribution in [0, 0.1) is 10.1 Å². The molecule has 0 radical (unpaired) electrons. The molecule has 148 valence electrons. The molecule has 8 nitrogen and oxygen atoms in total. The van der Waals surface area contributed by atoms with E-state index < -0.39 is 4.92 Å². The van der Waals surface area contributed by atoms with Crippen LogP contribution in [0.3, 0.4) is 0 Å². The van der Waals surface area contributed by atoms with Gasteiger partial charge in [-0.2, -0.15) is 4.98 Å². The van der Waals surface area contributed by atoms with Gasteiger partial charge in [-0.05, 0) is 23.3 Å². The summed E-state index contributed by atoms with van der Waals surface area (Å²) in [4.78, 5) is 23.4. The van der Waals surface area contributed by atoms with E-state index in [2.05, 4.69) is 20.3 Å². The van der Waals surface area contributed by atoms with Crippen LogP contribution in [0.15, 0.2) is 91.5 Å². The second-order valence-corrected chi connectivity index (χ2v) is 6.32. The molecular formula is C22H17N5O3. The molecule has 0 saturated heterocycles. The van der Waals surface area contributed by atoms with E-state index in [9.17, 15) is 10.1 Å². The van der Waals surface area contributed by atoms with Crippen LogP contribution in [-0.2, 0) is 0 Å². The van der Waals surface area contributed by atoms with Gasteiger partial charge in [0.25, 0.3) is 0 Å². The Morgan fingerprint density at radius 1 is 0.900 bits per heavy atom. The number of aromatic nitrogens is 3. The Kier molecular flexibility index (Phi) is 5.56. The highest BCUT2D eigenvalue weighted by Crippen LogP contribution is 2.36. The first kappa shape index (κ1) is 19.0. The van der Waals surface area contributed by atoms with Gasteiger partial charge in [0.05, 0.1) is 17.2 Å². The topological polar surface area (TPSA) is 103 Å². The maximum atomic E-state index is 11.9. The Morgan fingerprint density at radius 3 is 2.13 bits per heavy atom. The van der Waals surface area contributed by atoms with Crippen LogP contribution in [0.2, 0.25) is 0 Å². The van der Waals surface area contributed by atoms with Crippen LogP contribution >= 0.6 is 0 Å². The number of nitro groups is 1. The van der Waals surface area contributed by atoms with E-state index in [1.807, 2.05) is 60.7 Å². The number of pyridine rings is 1. The maximum absolute atomic E-state index is 11.9. The number of rotatable bonds is 7. The summed E-state index contributed by atoms with van der Waals surface area (Å²) in [6.45, 7) is 0. The van der Waals surface area contributed by atoms with Crippen molar-refractivity contribution in [1.82, 2.24) is 15.0 Å². The number of hydrogen-bond donors (Lipinski definition) is 1. The standard InChI is InChI=1S/C22H17N5O3/c28-27(29)20-21(24-15-25-22(20)30-18-12-7-13-23-14-18)26-19(16-8-3-1-4-9-16)17-10-5-2-6-11-17/h1-15,19H,(H,24,25,26). The zero-order valence-corrected chi connectivity index (χ0v) is 15.8. The van der Waals surface area contributed by atoms with Crippen LogP contribution in [0.1, 0.15) is 17.2 Å². The van der Waals surface area contributed by atoms with E-state index >= 15 is 0 Å². The third kappa shape index (κ3) is 4.22. The largest absolute Gasteiger partial charge is 0.432 e. The van der Waals surface area contributed by atoms with Crippen LogP contribution in [0.25, 0.3) is 0 Å². The first-order chi connectivity index (χ1) is 14.7. The molecule has 0 aliphatic heterocycles. The third-order valence-electron chi connectivity index (χ3n) is 4.37. The number of benzene rings is 2. The summed E-state index contributed by atoms with van der Waals surface area (Å²) in [5.74, 6) is 0.241. The molecule has 0 saturated carbocycles. The Morgan fingerprint density at radius 2 is 1.57 bits per heavy atom. The average Bonchev–Trinajstić information content (AvgIpc) is 2.79. The van der Waals surface area contributed by atoms with E-state index in [0.29, 0.717) is 5.75 Å². The van der Waals surface area contributed by atoms with E-state index in [4.69, 9.17) is 4.74 Å². The first-order valence-electron chi connectivity index (χ1n) is 9.16. The van der Waals surface area contributed by atoms with E-state index in [1.54, 1.807) is 18.3 Å². The summed E-state index contributed by atoms with van der Waals surface area (Å²) in [5, 5.41) is 15.1. The van der Waals surface area contributed by atoms with Gasteiger partial charge in [0.1, 0.15) is 12.1 Å². The number of anilines is 1. The van der Waals surface area contributed by atoms with E-state index in [-0.39, 0.29) is 23.4 Å². The molecule has 4 rings (SSSR count). The van der Waals surface area contributed by atoms with Crippen molar-refractivity contribution in [3.63, 3.8) is 0 Å².